The summed E-state index contributed by atoms with van der Waals surface area (Å²) in [5.41, 5.74) is 0.275. The zero-order valence-corrected chi connectivity index (χ0v) is 12.8. The maximum atomic E-state index is 10.7. The maximum absolute atomic E-state index is 10.7. The van der Waals surface area contributed by atoms with Gasteiger partial charge in [0.1, 0.15) is 5.75 Å². The van der Waals surface area contributed by atoms with E-state index in [0.717, 1.165) is 19.1 Å². The largest absolute Gasteiger partial charge is 0.494 e. The normalized spacial score (nSPS) is 11.3. The molecule has 0 aromatic heterocycles. The molecule has 0 saturated heterocycles. The molecule has 5 heteroatoms. The van der Waals surface area contributed by atoms with Crippen molar-refractivity contribution < 1.29 is 19.1 Å². The average Bonchev–Trinajstić information content (AvgIpc) is 2.35. The zero-order valence-electron chi connectivity index (χ0n) is 11.8. The minimum absolute atomic E-state index is 0.275. The van der Waals surface area contributed by atoms with Gasteiger partial charge in [-0.2, -0.15) is 0 Å². The molecule has 0 aliphatic carbocycles. The molecular weight excluding hydrogens is 260 g/mol. The number of hydrogen-bond donors (Lipinski definition) is 1. The number of hydrogen-bond acceptors (Lipinski definition) is 3. The number of carbonyl (C=O) groups is 1. The van der Waals surface area contributed by atoms with Crippen LogP contribution in [-0.4, -0.2) is 32.6 Å². The predicted molar refractivity (Wildman–Crippen MR) is 77.4 cm³/mol. The van der Waals surface area contributed by atoms with E-state index in [9.17, 15) is 4.79 Å². The van der Waals surface area contributed by atoms with Gasteiger partial charge in [0, 0.05) is 6.61 Å². The van der Waals surface area contributed by atoms with Gasteiger partial charge < -0.3 is 14.3 Å². The number of aromatic carboxylic acids is 1. The van der Waals surface area contributed by atoms with Crippen LogP contribution in [0.5, 0.6) is 5.75 Å². The fourth-order valence-electron chi connectivity index (χ4n) is 1.84. The molecule has 4 nitrogen and oxygen atoms in total. The van der Waals surface area contributed by atoms with Crippen LogP contribution >= 0.6 is 0 Å². The van der Waals surface area contributed by atoms with Gasteiger partial charge >= 0.3 is 5.97 Å². The third-order valence-corrected chi connectivity index (χ3v) is 5.46. The lowest BCUT2D eigenvalue weighted by Gasteiger charge is -2.21. The fourth-order valence-corrected chi connectivity index (χ4v) is 3.77. The molecule has 0 aliphatic heterocycles. The Bertz CT molecular complexity index is 400. The molecule has 0 radical (unpaired) electrons. The summed E-state index contributed by atoms with van der Waals surface area (Å²) < 4.78 is 11.3. The first-order chi connectivity index (χ1) is 8.94. The first-order valence-electron chi connectivity index (χ1n) is 6.55. The lowest BCUT2D eigenvalue weighted by Crippen LogP contribution is -2.30. The quantitative estimate of drug-likeness (QED) is 0.586. The molecule has 19 heavy (non-hydrogen) atoms. The molecule has 0 amide bonds. The highest BCUT2D eigenvalue weighted by Crippen LogP contribution is 2.16. The summed E-state index contributed by atoms with van der Waals surface area (Å²) in [7, 11) is -1.52. The fraction of sp³-hybridized carbons (Fsp3) is 0.500. The molecular formula is C14H22O4Si. The summed E-state index contributed by atoms with van der Waals surface area (Å²) >= 11 is 0. The van der Waals surface area contributed by atoms with Crippen LogP contribution in [0.15, 0.2) is 24.3 Å². The van der Waals surface area contributed by atoms with Gasteiger partial charge in [0.15, 0.2) is 8.32 Å². The van der Waals surface area contributed by atoms with Crippen molar-refractivity contribution >= 4 is 14.3 Å². The summed E-state index contributed by atoms with van der Waals surface area (Å²) in [6, 6.07) is 7.55. The van der Waals surface area contributed by atoms with Gasteiger partial charge in [-0.25, -0.2) is 4.79 Å². The predicted octanol–water partition coefficient (Wildman–Crippen LogP) is 3.40. The van der Waals surface area contributed by atoms with Gasteiger partial charge in [-0.1, -0.05) is 0 Å². The lowest BCUT2D eigenvalue weighted by molar-refractivity contribution is 0.0697. The van der Waals surface area contributed by atoms with Crippen LogP contribution in [0.2, 0.25) is 19.1 Å². The zero-order chi connectivity index (χ0) is 14.3. The van der Waals surface area contributed by atoms with E-state index < -0.39 is 14.3 Å². The second kappa shape index (κ2) is 7.30. The standard InChI is InChI=1S/C14H22O4Si/c1-4-18-19(2,3)11-5-10-17-13-8-6-12(7-9-13)14(15)16/h6-9H,4-5,10-11H2,1-3H3,(H,15,16). The number of carboxylic acids is 1. The first-order valence-corrected chi connectivity index (χ1v) is 9.66. The molecule has 0 bridgehead atoms. The minimum Gasteiger partial charge on any atom is -0.494 e. The van der Waals surface area contributed by atoms with Crippen molar-refractivity contribution in [3.8, 4) is 5.75 Å². The van der Waals surface area contributed by atoms with Crippen LogP contribution in [0.1, 0.15) is 23.7 Å². The topological polar surface area (TPSA) is 55.8 Å². The van der Waals surface area contributed by atoms with Crippen LogP contribution in [0.25, 0.3) is 0 Å². The van der Waals surface area contributed by atoms with Crippen LogP contribution in [0.3, 0.4) is 0 Å². The van der Waals surface area contributed by atoms with E-state index in [-0.39, 0.29) is 5.56 Å². The third-order valence-electron chi connectivity index (χ3n) is 2.83. The Labute approximate surface area is 115 Å². The van der Waals surface area contributed by atoms with Crippen molar-refractivity contribution in [2.24, 2.45) is 0 Å². The molecule has 1 aromatic rings. The first kappa shape index (κ1) is 15.7. The third kappa shape index (κ3) is 5.89. The molecule has 1 aromatic carbocycles. The molecule has 1 rings (SSSR count). The number of benzene rings is 1. The molecule has 0 heterocycles. The minimum atomic E-state index is -1.52. The SMILES string of the molecule is CCO[Si](C)(C)CCCOc1ccc(C(=O)O)cc1. The Hall–Kier alpha value is -1.33. The van der Waals surface area contributed by atoms with Crippen molar-refractivity contribution in [1.82, 2.24) is 0 Å². The van der Waals surface area contributed by atoms with E-state index in [1.165, 1.54) is 0 Å². The highest BCUT2D eigenvalue weighted by atomic mass is 28.4. The van der Waals surface area contributed by atoms with Crippen molar-refractivity contribution in [3.63, 3.8) is 0 Å². The lowest BCUT2D eigenvalue weighted by atomic mass is 10.2. The summed E-state index contributed by atoms with van der Waals surface area (Å²) in [5.74, 6) is -0.211. The Kier molecular flexibility index (Phi) is 6.04. The van der Waals surface area contributed by atoms with Gasteiger partial charge in [0.25, 0.3) is 0 Å². The van der Waals surface area contributed by atoms with Gasteiger partial charge in [0.2, 0.25) is 0 Å². The van der Waals surface area contributed by atoms with E-state index in [1.54, 1.807) is 24.3 Å². The van der Waals surface area contributed by atoms with Crippen molar-refractivity contribution in [3.05, 3.63) is 29.8 Å². The van der Waals surface area contributed by atoms with Crippen molar-refractivity contribution in [2.45, 2.75) is 32.5 Å². The number of ether oxygens (including phenoxy) is 1. The van der Waals surface area contributed by atoms with Gasteiger partial charge in [-0.3, -0.25) is 0 Å². The van der Waals surface area contributed by atoms with E-state index >= 15 is 0 Å². The van der Waals surface area contributed by atoms with E-state index in [4.69, 9.17) is 14.3 Å². The Balaban J connectivity index is 2.31. The van der Waals surface area contributed by atoms with Crippen LogP contribution < -0.4 is 4.74 Å². The molecule has 0 unspecified atom stereocenters. The number of rotatable bonds is 8. The van der Waals surface area contributed by atoms with Gasteiger partial charge in [-0.15, -0.1) is 0 Å². The van der Waals surface area contributed by atoms with Crippen LogP contribution in [0, 0.1) is 0 Å². The van der Waals surface area contributed by atoms with Crippen LogP contribution in [0.4, 0.5) is 0 Å². The summed E-state index contributed by atoms with van der Waals surface area (Å²) in [6.45, 7) is 7.85. The Morgan fingerprint density at radius 3 is 2.42 bits per heavy atom. The summed E-state index contributed by atoms with van der Waals surface area (Å²) in [4.78, 5) is 10.7. The van der Waals surface area contributed by atoms with E-state index in [1.807, 2.05) is 6.92 Å². The molecule has 106 valence electrons. The average molecular weight is 282 g/mol. The molecule has 0 fully saturated rings. The van der Waals surface area contributed by atoms with E-state index in [0.29, 0.717) is 12.4 Å². The van der Waals surface area contributed by atoms with Crippen LogP contribution in [-0.2, 0) is 4.43 Å². The molecule has 0 saturated carbocycles. The smallest absolute Gasteiger partial charge is 0.335 e. The summed E-state index contributed by atoms with van der Waals surface area (Å²) in [6.07, 6.45) is 0.958. The van der Waals surface area contributed by atoms with Gasteiger partial charge in [-0.05, 0) is 56.7 Å². The van der Waals surface area contributed by atoms with Crippen molar-refractivity contribution in [2.75, 3.05) is 13.2 Å². The summed E-state index contributed by atoms with van der Waals surface area (Å²) in [5, 5.41) is 8.78. The monoisotopic (exact) mass is 282 g/mol. The highest BCUT2D eigenvalue weighted by molar-refractivity contribution is 6.71. The number of carboxylic acid groups (broad SMARTS) is 1. The second-order valence-corrected chi connectivity index (χ2v) is 9.28. The van der Waals surface area contributed by atoms with Gasteiger partial charge in [0.05, 0.1) is 12.2 Å². The molecule has 0 spiro atoms. The molecule has 0 atom stereocenters. The Morgan fingerprint density at radius 1 is 1.26 bits per heavy atom. The molecule has 0 aliphatic rings. The molecule has 1 N–H and O–H groups in total. The Morgan fingerprint density at radius 2 is 1.89 bits per heavy atom. The van der Waals surface area contributed by atoms with E-state index in [2.05, 4.69) is 13.1 Å². The van der Waals surface area contributed by atoms with Crippen molar-refractivity contribution in [1.29, 1.82) is 0 Å². The highest BCUT2D eigenvalue weighted by Gasteiger charge is 2.20. The second-order valence-electron chi connectivity index (χ2n) is 4.97. The maximum Gasteiger partial charge on any atom is 0.335 e.